The van der Waals surface area contributed by atoms with Gasteiger partial charge in [-0.05, 0) is 30.5 Å². The van der Waals surface area contributed by atoms with E-state index in [4.69, 9.17) is 9.84 Å². The second kappa shape index (κ2) is 4.94. The van der Waals surface area contributed by atoms with Crippen molar-refractivity contribution in [1.29, 1.82) is 0 Å². The predicted octanol–water partition coefficient (Wildman–Crippen LogP) is 2.00. The van der Waals surface area contributed by atoms with Crippen LogP contribution < -0.4 is 0 Å². The molecule has 19 heavy (non-hydrogen) atoms. The molecule has 2 fully saturated rings. The first kappa shape index (κ1) is 12.6. The molecule has 0 atom stereocenters. The van der Waals surface area contributed by atoms with Crippen LogP contribution in [0.4, 0.5) is 0 Å². The number of likely N-dealkylation sites (tertiary alicyclic amines) is 1. The minimum atomic E-state index is -0.855. The average Bonchev–Trinajstić information content (AvgIpc) is 2.38. The molecule has 1 spiro atoms. The molecule has 102 valence electrons. The van der Waals surface area contributed by atoms with Crippen LogP contribution in [0.15, 0.2) is 24.3 Å². The normalized spacial score (nSPS) is 22.1. The van der Waals surface area contributed by atoms with Gasteiger partial charge in [-0.15, -0.1) is 0 Å². The number of carboxylic acids is 1. The Balaban J connectivity index is 1.58. The monoisotopic (exact) mass is 261 g/mol. The summed E-state index contributed by atoms with van der Waals surface area (Å²) in [4.78, 5) is 13.3. The molecule has 0 bridgehead atoms. The molecule has 1 aromatic carbocycles. The molecule has 4 nitrogen and oxygen atoms in total. The topological polar surface area (TPSA) is 49.8 Å². The summed E-state index contributed by atoms with van der Waals surface area (Å²) in [5.74, 6) is -0.855. The largest absolute Gasteiger partial charge is 0.478 e. The van der Waals surface area contributed by atoms with E-state index in [2.05, 4.69) is 4.90 Å². The van der Waals surface area contributed by atoms with E-state index in [1.807, 2.05) is 12.1 Å². The lowest BCUT2D eigenvalue weighted by atomic mass is 9.73. The van der Waals surface area contributed by atoms with E-state index in [0.717, 1.165) is 38.4 Å². The summed E-state index contributed by atoms with van der Waals surface area (Å²) >= 11 is 0. The van der Waals surface area contributed by atoms with Crippen LogP contribution in [0.3, 0.4) is 0 Å². The highest BCUT2D eigenvalue weighted by atomic mass is 16.5. The summed E-state index contributed by atoms with van der Waals surface area (Å²) in [7, 11) is 0. The molecule has 2 aliphatic heterocycles. The maximum atomic E-state index is 10.9. The summed E-state index contributed by atoms with van der Waals surface area (Å²) in [6.07, 6.45) is 2.33. The highest BCUT2D eigenvalue weighted by Crippen LogP contribution is 2.40. The Morgan fingerprint density at radius 2 is 2.05 bits per heavy atom. The number of rotatable bonds is 3. The van der Waals surface area contributed by atoms with E-state index in [1.54, 1.807) is 12.1 Å². The Hall–Kier alpha value is -1.39. The van der Waals surface area contributed by atoms with Crippen LogP contribution in [0.2, 0.25) is 0 Å². The van der Waals surface area contributed by atoms with Crippen LogP contribution in [0, 0.1) is 5.41 Å². The van der Waals surface area contributed by atoms with Crippen molar-refractivity contribution in [3.8, 4) is 0 Å². The number of nitrogens with zero attached hydrogens (tertiary/aromatic N) is 1. The van der Waals surface area contributed by atoms with E-state index in [9.17, 15) is 4.79 Å². The molecule has 1 aromatic rings. The van der Waals surface area contributed by atoms with Gasteiger partial charge in [0.25, 0.3) is 0 Å². The van der Waals surface area contributed by atoms with Gasteiger partial charge in [-0.1, -0.05) is 12.1 Å². The van der Waals surface area contributed by atoms with E-state index in [0.29, 0.717) is 11.0 Å². The summed E-state index contributed by atoms with van der Waals surface area (Å²) in [6.45, 7) is 4.87. The molecule has 0 saturated carbocycles. The zero-order valence-electron chi connectivity index (χ0n) is 11.0. The molecule has 0 aliphatic carbocycles. The van der Waals surface area contributed by atoms with Crippen molar-refractivity contribution < 1.29 is 14.6 Å². The Morgan fingerprint density at radius 3 is 2.74 bits per heavy atom. The van der Waals surface area contributed by atoms with Crippen LogP contribution in [0.5, 0.6) is 0 Å². The molecule has 0 aromatic heterocycles. The molecule has 2 aliphatic rings. The number of benzene rings is 1. The van der Waals surface area contributed by atoms with Gasteiger partial charge in [0.05, 0.1) is 5.56 Å². The van der Waals surface area contributed by atoms with Crippen molar-refractivity contribution in [2.75, 3.05) is 26.3 Å². The minimum absolute atomic E-state index is 0.374. The SMILES string of the molecule is O=C(O)c1cccc(CN2CC3(CCOCC3)C2)c1. The Kier molecular flexibility index (Phi) is 3.29. The number of carbonyl (C=O) groups is 1. The van der Waals surface area contributed by atoms with Gasteiger partial charge < -0.3 is 9.84 Å². The molecule has 0 amide bonds. The highest BCUT2D eigenvalue weighted by Gasteiger charge is 2.43. The Bertz CT molecular complexity index is 472. The standard InChI is InChI=1S/C15H19NO3/c17-14(18)13-3-1-2-12(8-13)9-16-10-15(11-16)4-6-19-7-5-15/h1-3,8H,4-7,9-11H2,(H,17,18). The van der Waals surface area contributed by atoms with Gasteiger partial charge >= 0.3 is 5.97 Å². The van der Waals surface area contributed by atoms with Crippen LogP contribution in [-0.4, -0.2) is 42.3 Å². The van der Waals surface area contributed by atoms with Crippen LogP contribution in [0.25, 0.3) is 0 Å². The third kappa shape index (κ3) is 2.65. The number of hydrogen-bond acceptors (Lipinski definition) is 3. The summed E-state index contributed by atoms with van der Waals surface area (Å²) in [5, 5.41) is 8.99. The van der Waals surface area contributed by atoms with Gasteiger partial charge in [-0.3, -0.25) is 4.90 Å². The molecule has 0 radical (unpaired) electrons. The van der Waals surface area contributed by atoms with Crippen molar-refractivity contribution in [3.05, 3.63) is 35.4 Å². The van der Waals surface area contributed by atoms with Crippen LogP contribution in [0.1, 0.15) is 28.8 Å². The van der Waals surface area contributed by atoms with Gasteiger partial charge in [0.1, 0.15) is 0 Å². The fraction of sp³-hybridized carbons (Fsp3) is 0.533. The third-order valence-corrected chi connectivity index (χ3v) is 4.25. The van der Waals surface area contributed by atoms with E-state index >= 15 is 0 Å². The molecular formula is C15H19NO3. The van der Waals surface area contributed by atoms with Crippen molar-refractivity contribution in [3.63, 3.8) is 0 Å². The fourth-order valence-electron chi connectivity index (χ4n) is 3.20. The smallest absolute Gasteiger partial charge is 0.335 e. The first-order valence-corrected chi connectivity index (χ1v) is 6.79. The molecule has 2 heterocycles. The number of hydrogen-bond donors (Lipinski definition) is 1. The van der Waals surface area contributed by atoms with Crippen LogP contribution in [-0.2, 0) is 11.3 Å². The molecule has 3 rings (SSSR count). The van der Waals surface area contributed by atoms with Crippen molar-refractivity contribution in [2.45, 2.75) is 19.4 Å². The average molecular weight is 261 g/mol. The zero-order valence-corrected chi connectivity index (χ0v) is 11.0. The van der Waals surface area contributed by atoms with E-state index < -0.39 is 5.97 Å². The molecule has 4 heteroatoms. The summed E-state index contributed by atoms with van der Waals surface area (Å²) in [5.41, 5.74) is 1.93. The maximum absolute atomic E-state index is 10.9. The van der Waals surface area contributed by atoms with Crippen molar-refractivity contribution in [1.82, 2.24) is 4.90 Å². The highest BCUT2D eigenvalue weighted by molar-refractivity contribution is 5.87. The van der Waals surface area contributed by atoms with Gasteiger partial charge in [-0.2, -0.15) is 0 Å². The lowest BCUT2D eigenvalue weighted by Gasteiger charge is -2.52. The summed E-state index contributed by atoms with van der Waals surface area (Å²) in [6, 6.07) is 7.24. The second-order valence-corrected chi connectivity index (χ2v) is 5.76. The zero-order chi connectivity index (χ0) is 13.3. The second-order valence-electron chi connectivity index (χ2n) is 5.76. The minimum Gasteiger partial charge on any atom is -0.478 e. The van der Waals surface area contributed by atoms with Crippen molar-refractivity contribution >= 4 is 5.97 Å². The number of carboxylic acid groups (broad SMARTS) is 1. The first-order valence-electron chi connectivity index (χ1n) is 6.79. The molecule has 0 unspecified atom stereocenters. The van der Waals surface area contributed by atoms with E-state index in [-0.39, 0.29) is 0 Å². The molecule has 2 saturated heterocycles. The lowest BCUT2D eigenvalue weighted by Crippen LogP contribution is -2.57. The quantitative estimate of drug-likeness (QED) is 0.904. The van der Waals surface area contributed by atoms with Gasteiger partial charge in [0.15, 0.2) is 0 Å². The Labute approximate surface area is 113 Å². The van der Waals surface area contributed by atoms with Crippen LogP contribution >= 0.6 is 0 Å². The van der Waals surface area contributed by atoms with Gasteiger partial charge in [0, 0.05) is 38.3 Å². The molecule has 1 N–H and O–H groups in total. The number of aromatic carboxylic acids is 1. The van der Waals surface area contributed by atoms with Crippen molar-refractivity contribution in [2.24, 2.45) is 5.41 Å². The third-order valence-electron chi connectivity index (χ3n) is 4.25. The molecular weight excluding hydrogens is 242 g/mol. The van der Waals surface area contributed by atoms with Gasteiger partial charge in [0.2, 0.25) is 0 Å². The maximum Gasteiger partial charge on any atom is 0.335 e. The first-order chi connectivity index (χ1) is 9.17. The van der Waals surface area contributed by atoms with Gasteiger partial charge in [-0.25, -0.2) is 4.79 Å². The predicted molar refractivity (Wildman–Crippen MR) is 71.2 cm³/mol. The Morgan fingerprint density at radius 1 is 1.32 bits per heavy atom. The number of ether oxygens (including phenoxy) is 1. The van der Waals surface area contributed by atoms with E-state index in [1.165, 1.54) is 12.8 Å². The summed E-state index contributed by atoms with van der Waals surface area (Å²) < 4.78 is 5.41. The lowest BCUT2D eigenvalue weighted by molar-refractivity contribution is -0.0839. The fourth-order valence-corrected chi connectivity index (χ4v) is 3.20.